The Morgan fingerprint density at radius 3 is 2.86 bits per heavy atom. The molecule has 2 N–H and O–H groups in total. The zero-order valence-corrected chi connectivity index (χ0v) is 10.8. The molecule has 0 saturated carbocycles. The van der Waals surface area contributed by atoms with Crippen molar-refractivity contribution in [1.82, 2.24) is 9.97 Å². The quantitative estimate of drug-likeness (QED) is 0.511. The van der Waals surface area contributed by atoms with Crippen molar-refractivity contribution in [2.45, 2.75) is 0 Å². The van der Waals surface area contributed by atoms with Gasteiger partial charge in [-0.1, -0.05) is 18.2 Å². The van der Waals surface area contributed by atoms with Crippen LogP contribution >= 0.6 is 0 Å². The van der Waals surface area contributed by atoms with E-state index in [0.717, 1.165) is 11.0 Å². The number of hydrogen-bond donors (Lipinski definition) is 2. The lowest BCUT2D eigenvalue weighted by molar-refractivity contribution is 0.457. The van der Waals surface area contributed by atoms with Crippen LogP contribution in [0.2, 0.25) is 0 Å². The summed E-state index contributed by atoms with van der Waals surface area (Å²) < 4.78 is 5.71. The van der Waals surface area contributed by atoms with E-state index in [9.17, 15) is 5.11 Å². The average molecular weight is 275 g/mol. The van der Waals surface area contributed by atoms with E-state index in [2.05, 4.69) is 14.8 Å². The minimum atomic E-state index is -0.0151. The lowest BCUT2D eigenvalue weighted by Crippen LogP contribution is -1.75. The average Bonchev–Trinajstić information content (AvgIpc) is 3.05. The summed E-state index contributed by atoms with van der Waals surface area (Å²) in [6.45, 7) is 7.10. The van der Waals surface area contributed by atoms with Crippen molar-refractivity contribution in [1.29, 1.82) is 0 Å². The third-order valence-electron chi connectivity index (χ3n) is 3.40. The van der Waals surface area contributed by atoms with Crippen molar-refractivity contribution in [3.63, 3.8) is 0 Å². The van der Waals surface area contributed by atoms with Crippen LogP contribution in [0.3, 0.4) is 0 Å². The number of para-hydroxylation sites is 2. The second kappa shape index (κ2) is 4.12. The summed E-state index contributed by atoms with van der Waals surface area (Å²) in [5, 5.41) is 10.9. The number of H-pyrrole nitrogens is 1. The first-order chi connectivity index (χ1) is 10.3. The maximum atomic E-state index is 10.1. The van der Waals surface area contributed by atoms with E-state index in [1.165, 1.54) is 0 Å². The van der Waals surface area contributed by atoms with E-state index >= 15 is 0 Å². The lowest BCUT2D eigenvalue weighted by Gasteiger charge is -1.95. The molecule has 0 atom stereocenters. The molecule has 0 aliphatic rings. The molecule has 0 fully saturated rings. The van der Waals surface area contributed by atoms with E-state index in [1.54, 1.807) is 18.2 Å². The number of aromatic nitrogens is 2. The van der Waals surface area contributed by atoms with E-state index in [1.807, 2.05) is 24.3 Å². The molecule has 0 unspecified atom stereocenters. The summed E-state index contributed by atoms with van der Waals surface area (Å²) >= 11 is 0. The van der Waals surface area contributed by atoms with Crippen LogP contribution in [-0.4, -0.2) is 15.1 Å². The Bertz CT molecular complexity index is 988. The first-order valence-electron chi connectivity index (χ1n) is 6.34. The standard InChI is InChI=1S/C16H9N3O2/c1-17-9-6-7-11-10(8-9)14(15(20)18-11)16-19-12-4-2-3-5-13(12)21-16/h2-8,18,20H. The van der Waals surface area contributed by atoms with Gasteiger partial charge in [0.2, 0.25) is 11.8 Å². The van der Waals surface area contributed by atoms with Crippen LogP contribution in [0, 0.1) is 6.57 Å². The Morgan fingerprint density at radius 1 is 1.19 bits per heavy atom. The Kier molecular flexibility index (Phi) is 2.27. The largest absolute Gasteiger partial charge is 0.494 e. The third-order valence-corrected chi connectivity index (χ3v) is 3.40. The van der Waals surface area contributed by atoms with Crippen LogP contribution < -0.4 is 0 Å². The van der Waals surface area contributed by atoms with Crippen molar-refractivity contribution in [3.8, 4) is 17.3 Å². The molecule has 21 heavy (non-hydrogen) atoms. The van der Waals surface area contributed by atoms with Crippen LogP contribution in [0.15, 0.2) is 46.9 Å². The minimum Gasteiger partial charge on any atom is -0.494 e. The Morgan fingerprint density at radius 2 is 2.05 bits per heavy atom. The number of nitrogens with zero attached hydrogens (tertiary/aromatic N) is 2. The topological polar surface area (TPSA) is 66.4 Å². The number of oxazole rings is 1. The van der Waals surface area contributed by atoms with Crippen molar-refractivity contribution in [2.75, 3.05) is 0 Å². The Labute approximate surface area is 119 Å². The van der Waals surface area contributed by atoms with Crippen LogP contribution in [0.25, 0.3) is 38.3 Å². The van der Waals surface area contributed by atoms with Gasteiger partial charge in [-0.3, -0.25) is 0 Å². The SMILES string of the molecule is [C-]#[N+]c1ccc2[nH]c(O)c(-c3nc4ccccc4o3)c2c1. The van der Waals surface area contributed by atoms with Gasteiger partial charge < -0.3 is 14.5 Å². The van der Waals surface area contributed by atoms with Crippen molar-refractivity contribution >= 4 is 27.7 Å². The molecular formula is C16H9N3O2. The summed E-state index contributed by atoms with van der Waals surface area (Å²) in [5.74, 6) is 0.320. The molecule has 4 rings (SSSR count). The fraction of sp³-hybridized carbons (Fsp3) is 0. The number of nitrogens with one attached hydrogen (secondary N) is 1. The number of hydrogen-bond acceptors (Lipinski definition) is 3. The van der Waals surface area contributed by atoms with E-state index in [4.69, 9.17) is 11.0 Å². The number of fused-ring (bicyclic) bond motifs is 2. The molecule has 2 aromatic carbocycles. The second-order valence-corrected chi connectivity index (χ2v) is 4.68. The highest BCUT2D eigenvalue weighted by atomic mass is 16.3. The van der Waals surface area contributed by atoms with Crippen molar-refractivity contribution in [2.24, 2.45) is 0 Å². The van der Waals surface area contributed by atoms with Gasteiger partial charge in [-0.25, -0.2) is 9.83 Å². The summed E-state index contributed by atoms with van der Waals surface area (Å²) in [6.07, 6.45) is 0. The Balaban J connectivity index is 2.04. The summed E-state index contributed by atoms with van der Waals surface area (Å²) in [6, 6.07) is 12.6. The van der Waals surface area contributed by atoms with Crippen LogP contribution in [-0.2, 0) is 0 Å². The third kappa shape index (κ3) is 1.66. The number of aromatic hydroxyl groups is 1. The minimum absolute atomic E-state index is 0.0151. The zero-order valence-electron chi connectivity index (χ0n) is 10.8. The molecule has 100 valence electrons. The molecule has 2 heterocycles. The zero-order chi connectivity index (χ0) is 14.4. The van der Waals surface area contributed by atoms with Crippen molar-refractivity contribution in [3.05, 3.63) is 53.9 Å². The molecule has 0 aliphatic carbocycles. The smallest absolute Gasteiger partial charge is 0.233 e. The molecule has 0 saturated heterocycles. The molecule has 2 aromatic heterocycles. The van der Waals surface area contributed by atoms with Gasteiger partial charge in [-0.05, 0) is 24.3 Å². The van der Waals surface area contributed by atoms with Crippen molar-refractivity contribution < 1.29 is 9.52 Å². The summed E-state index contributed by atoms with van der Waals surface area (Å²) in [7, 11) is 0. The monoisotopic (exact) mass is 275 g/mol. The van der Waals surface area contributed by atoms with Gasteiger partial charge >= 0.3 is 0 Å². The maximum absolute atomic E-state index is 10.1. The van der Waals surface area contributed by atoms with Gasteiger partial charge in [-0.15, -0.1) is 0 Å². The maximum Gasteiger partial charge on any atom is 0.233 e. The van der Waals surface area contributed by atoms with Gasteiger partial charge in [-0.2, -0.15) is 0 Å². The summed E-state index contributed by atoms with van der Waals surface area (Å²) in [4.78, 5) is 10.7. The second-order valence-electron chi connectivity index (χ2n) is 4.68. The highest BCUT2D eigenvalue weighted by molar-refractivity contribution is 5.99. The predicted octanol–water partition coefficient (Wildman–Crippen LogP) is 4.23. The predicted molar refractivity (Wildman–Crippen MR) is 79.2 cm³/mol. The Hall–Kier alpha value is -3.26. The normalized spacial score (nSPS) is 11.0. The number of benzene rings is 2. The fourth-order valence-corrected chi connectivity index (χ4v) is 2.43. The van der Waals surface area contributed by atoms with E-state index < -0.39 is 0 Å². The number of aromatic amines is 1. The highest BCUT2D eigenvalue weighted by Gasteiger charge is 2.18. The molecule has 5 heteroatoms. The summed E-state index contributed by atoms with van der Waals surface area (Å²) in [5.41, 5.74) is 3.09. The molecule has 0 amide bonds. The van der Waals surface area contributed by atoms with Crippen LogP contribution in [0.1, 0.15) is 0 Å². The molecule has 0 radical (unpaired) electrons. The lowest BCUT2D eigenvalue weighted by atomic mass is 10.1. The molecule has 5 nitrogen and oxygen atoms in total. The molecule has 0 aliphatic heterocycles. The number of rotatable bonds is 1. The molecule has 4 aromatic rings. The van der Waals surface area contributed by atoms with Crippen LogP contribution in [0.4, 0.5) is 5.69 Å². The first-order valence-corrected chi connectivity index (χ1v) is 6.34. The molecule has 0 spiro atoms. The molecule has 0 bridgehead atoms. The van der Waals surface area contributed by atoms with E-state index in [0.29, 0.717) is 28.1 Å². The van der Waals surface area contributed by atoms with Gasteiger partial charge in [0, 0.05) is 10.9 Å². The van der Waals surface area contributed by atoms with Crippen LogP contribution in [0.5, 0.6) is 5.88 Å². The van der Waals surface area contributed by atoms with E-state index in [-0.39, 0.29) is 5.88 Å². The van der Waals surface area contributed by atoms with Gasteiger partial charge in [0.15, 0.2) is 11.3 Å². The van der Waals surface area contributed by atoms with Gasteiger partial charge in [0.25, 0.3) is 0 Å². The highest BCUT2D eigenvalue weighted by Crippen LogP contribution is 2.38. The first kappa shape index (κ1) is 11.6. The van der Waals surface area contributed by atoms with Gasteiger partial charge in [0.05, 0.1) is 6.57 Å². The fourth-order valence-electron chi connectivity index (χ4n) is 2.43. The molecular weight excluding hydrogens is 266 g/mol. The van der Waals surface area contributed by atoms with Gasteiger partial charge in [0.1, 0.15) is 11.1 Å².